The number of carboxylic acids is 1. The van der Waals surface area contributed by atoms with Crippen LogP contribution in [0.1, 0.15) is 39.9 Å². The molecular formula is C19H15Cl2NO2. The highest BCUT2D eigenvalue weighted by atomic mass is 35.5. The lowest BCUT2D eigenvalue weighted by Gasteiger charge is -2.38. The summed E-state index contributed by atoms with van der Waals surface area (Å²) in [5, 5.41) is 14.0. The normalized spacial score (nSPS) is 24.2. The largest absolute Gasteiger partial charge is 0.478 e. The van der Waals surface area contributed by atoms with Gasteiger partial charge < -0.3 is 10.4 Å². The van der Waals surface area contributed by atoms with Gasteiger partial charge in [-0.25, -0.2) is 4.79 Å². The van der Waals surface area contributed by atoms with Crippen molar-refractivity contribution in [1.82, 2.24) is 0 Å². The molecule has 0 bridgehead atoms. The van der Waals surface area contributed by atoms with E-state index in [1.54, 1.807) is 6.07 Å². The number of aromatic carboxylic acids is 1. The molecule has 1 aliphatic carbocycles. The van der Waals surface area contributed by atoms with E-state index in [1.807, 2.05) is 24.3 Å². The number of anilines is 1. The fourth-order valence-corrected chi connectivity index (χ4v) is 4.19. The third kappa shape index (κ3) is 2.48. The summed E-state index contributed by atoms with van der Waals surface area (Å²) in [5.41, 5.74) is 3.17. The third-order valence-electron chi connectivity index (χ3n) is 4.90. The number of fused-ring (bicyclic) bond motifs is 3. The van der Waals surface area contributed by atoms with Gasteiger partial charge >= 0.3 is 5.97 Å². The molecule has 3 atom stereocenters. The molecule has 0 spiro atoms. The summed E-state index contributed by atoms with van der Waals surface area (Å²) in [6, 6.07) is 11.2. The molecule has 1 aliphatic heterocycles. The zero-order valence-electron chi connectivity index (χ0n) is 12.7. The molecule has 0 aromatic heterocycles. The molecule has 2 N–H and O–H groups in total. The van der Waals surface area contributed by atoms with E-state index in [-0.39, 0.29) is 17.5 Å². The van der Waals surface area contributed by atoms with E-state index in [0.717, 1.165) is 23.2 Å². The van der Waals surface area contributed by atoms with E-state index < -0.39 is 5.97 Å². The van der Waals surface area contributed by atoms with Gasteiger partial charge in [-0.15, -0.1) is 0 Å². The van der Waals surface area contributed by atoms with E-state index in [4.69, 9.17) is 23.2 Å². The van der Waals surface area contributed by atoms with Gasteiger partial charge in [-0.2, -0.15) is 0 Å². The van der Waals surface area contributed by atoms with E-state index in [1.165, 1.54) is 6.07 Å². The van der Waals surface area contributed by atoms with Gasteiger partial charge in [0.05, 0.1) is 22.3 Å². The second-order valence-electron chi connectivity index (χ2n) is 6.25. The number of halogens is 2. The number of nitrogens with one attached hydrogen (secondary N) is 1. The first-order chi connectivity index (χ1) is 11.5. The number of carboxylic acid groups (broad SMARTS) is 1. The van der Waals surface area contributed by atoms with Crippen molar-refractivity contribution in [3.63, 3.8) is 0 Å². The summed E-state index contributed by atoms with van der Waals surface area (Å²) in [4.78, 5) is 11.3. The van der Waals surface area contributed by atoms with Crippen LogP contribution in [0.2, 0.25) is 10.0 Å². The van der Waals surface area contributed by atoms with Crippen molar-refractivity contribution in [1.29, 1.82) is 0 Å². The molecule has 0 amide bonds. The SMILES string of the molecule is O=C(O)c1cc(Cl)c2c(c1)C1C=CCC1[C@H](c1ccc(Cl)cc1)N2. The van der Waals surface area contributed by atoms with Gasteiger partial charge in [-0.1, -0.05) is 47.5 Å². The summed E-state index contributed by atoms with van der Waals surface area (Å²) < 4.78 is 0. The lowest BCUT2D eigenvalue weighted by Crippen LogP contribution is -2.29. The average molecular weight is 360 g/mol. The maximum atomic E-state index is 11.3. The second kappa shape index (κ2) is 5.83. The van der Waals surface area contributed by atoms with Gasteiger partial charge in [0.15, 0.2) is 0 Å². The standard InChI is InChI=1S/C19H15Cl2NO2/c20-12-6-4-10(5-7-12)17-14-3-1-2-13(14)15-8-11(19(23)24)9-16(21)18(15)22-17/h1-2,4-9,13-14,17,22H,3H2,(H,23,24)/t13?,14?,17-/m0/s1. The van der Waals surface area contributed by atoms with E-state index in [2.05, 4.69) is 17.5 Å². The Morgan fingerprint density at radius 3 is 2.62 bits per heavy atom. The highest BCUT2D eigenvalue weighted by Gasteiger charge is 2.39. The first kappa shape index (κ1) is 15.6. The molecule has 0 fully saturated rings. The summed E-state index contributed by atoms with van der Waals surface area (Å²) in [6.07, 6.45) is 5.27. The summed E-state index contributed by atoms with van der Waals surface area (Å²) in [7, 11) is 0. The maximum Gasteiger partial charge on any atom is 0.335 e. The van der Waals surface area contributed by atoms with Crippen molar-refractivity contribution in [3.05, 3.63) is 75.3 Å². The lowest BCUT2D eigenvalue weighted by atomic mass is 9.76. The predicted molar refractivity (Wildman–Crippen MR) is 96.2 cm³/mol. The Kier molecular flexibility index (Phi) is 3.78. The molecule has 2 aliphatic rings. The number of hydrogen-bond acceptors (Lipinski definition) is 2. The minimum absolute atomic E-state index is 0.114. The van der Waals surface area contributed by atoms with Crippen LogP contribution in [0.3, 0.4) is 0 Å². The van der Waals surface area contributed by atoms with Crippen LogP contribution >= 0.6 is 23.2 Å². The Bertz CT molecular complexity index is 845. The Balaban J connectivity index is 1.82. The summed E-state index contributed by atoms with van der Waals surface area (Å²) in [5.74, 6) is -0.462. The molecule has 24 heavy (non-hydrogen) atoms. The highest BCUT2D eigenvalue weighted by Crippen LogP contribution is 2.51. The van der Waals surface area contributed by atoms with Crippen molar-refractivity contribution in [2.45, 2.75) is 18.4 Å². The molecule has 0 saturated heterocycles. The van der Waals surface area contributed by atoms with E-state index in [0.29, 0.717) is 16.0 Å². The lowest BCUT2D eigenvalue weighted by molar-refractivity contribution is 0.0696. The van der Waals surface area contributed by atoms with Gasteiger partial charge in [0, 0.05) is 10.9 Å². The minimum Gasteiger partial charge on any atom is -0.478 e. The van der Waals surface area contributed by atoms with Crippen LogP contribution < -0.4 is 5.32 Å². The fourth-order valence-electron chi connectivity index (χ4n) is 3.78. The smallest absolute Gasteiger partial charge is 0.335 e. The van der Waals surface area contributed by atoms with Crippen molar-refractivity contribution in [2.75, 3.05) is 5.32 Å². The number of hydrogen-bond donors (Lipinski definition) is 2. The average Bonchev–Trinajstić information content (AvgIpc) is 3.05. The third-order valence-corrected chi connectivity index (χ3v) is 5.45. The minimum atomic E-state index is -0.960. The van der Waals surface area contributed by atoms with Crippen LogP contribution in [-0.2, 0) is 0 Å². The molecule has 122 valence electrons. The van der Waals surface area contributed by atoms with Crippen LogP contribution in [0.5, 0.6) is 0 Å². The number of carbonyl (C=O) groups is 1. The highest BCUT2D eigenvalue weighted by molar-refractivity contribution is 6.34. The monoisotopic (exact) mass is 359 g/mol. The Labute approximate surface area is 149 Å². The fraction of sp³-hybridized carbons (Fsp3) is 0.211. The van der Waals surface area contributed by atoms with Crippen LogP contribution in [-0.4, -0.2) is 11.1 Å². The van der Waals surface area contributed by atoms with Gasteiger partial charge in [0.2, 0.25) is 0 Å². The van der Waals surface area contributed by atoms with E-state index >= 15 is 0 Å². The molecule has 2 unspecified atom stereocenters. The first-order valence-electron chi connectivity index (χ1n) is 7.80. The molecule has 2 aromatic carbocycles. The molecule has 0 saturated carbocycles. The number of rotatable bonds is 2. The molecule has 5 heteroatoms. The van der Waals surface area contributed by atoms with Crippen LogP contribution in [0, 0.1) is 5.92 Å². The van der Waals surface area contributed by atoms with Crippen LogP contribution in [0.4, 0.5) is 5.69 Å². The number of allylic oxidation sites excluding steroid dienone is 2. The van der Waals surface area contributed by atoms with Gasteiger partial charge in [0.25, 0.3) is 0 Å². The molecule has 0 radical (unpaired) electrons. The second-order valence-corrected chi connectivity index (χ2v) is 7.10. The van der Waals surface area contributed by atoms with Crippen molar-refractivity contribution < 1.29 is 9.90 Å². The first-order valence-corrected chi connectivity index (χ1v) is 8.55. The molecule has 4 rings (SSSR count). The van der Waals surface area contributed by atoms with Crippen molar-refractivity contribution in [3.8, 4) is 0 Å². The number of benzene rings is 2. The topological polar surface area (TPSA) is 49.3 Å². The van der Waals surface area contributed by atoms with Crippen molar-refractivity contribution >= 4 is 34.9 Å². The molecular weight excluding hydrogens is 345 g/mol. The molecule has 3 nitrogen and oxygen atoms in total. The zero-order valence-corrected chi connectivity index (χ0v) is 14.2. The predicted octanol–water partition coefficient (Wildman–Crippen LogP) is 5.52. The Morgan fingerprint density at radius 2 is 1.92 bits per heavy atom. The zero-order chi connectivity index (χ0) is 16.8. The maximum absolute atomic E-state index is 11.3. The Hall–Kier alpha value is -1.97. The quantitative estimate of drug-likeness (QED) is 0.694. The van der Waals surface area contributed by atoms with Crippen molar-refractivity contribution in [2.24, 2.45) is 5.92 Å². The molecule has 2 aromatic rings. The van der Waals surface area contributed by atoms with Gasteiger partial charge in [-0.05, 0) is 47.7 Å². The van der Waals surface area contributed by atoms with Gasteiger partial charge in [0.1, 0.15) is 0 Å². The van der Waals surface area contributed by atoms with Crippen LogP contribution in [0.25, 0.3) is 0 Å². The summed E-state index contributed by atoms with van der Waals surface area (Å²) in [6.45, 7) is 0. The van der Waals surface area contributed by atoms with Gasteiger partial charge in [-0.3, -0.25) is 0 Å². The van der Waals surface area contributed by atoms with E-state index in [9.17, 15) is 9.90 Å². The Morgan fingerprint density at radius 1 is 1.17 bits per heavy atom. The molecule has 1 heterocycles. The summed E-state index contributed by atoms with van der Waals surface area (Å²) >= 11 is 12.4. The van der Waals surface area contributed by atoms with Crippen LogP contribution in [0.15, 0.2) is 48.6 Å².